The number of hydrogen-bond donors (Lipinski definition) is 0. The second-order valence-corrected chi connectivity index (χ2v) is 7.63. The molecule has 0 N–H and O–H groups in total. The maximum absolute atomic E-state index is 12.0. The van der Waals surface area contributed by atoms with Crippen molar-refractivity contribution in [1.29, 1.82) is 0 Å². The first-order valence-corrected chi connectivity index (χ1v) is 9.83. The third-order valence-electron chi connectivity index (χ3n) is 5.44. The lowest BCUT2D eigenvalue weighted by molar-refractivity contribution is 0.0473. The van der Waals surface area contributed by atoms with Crippen LogP contribution in [0.3, 0.4) is 0 Å². The van der Waals surface area contributed by atoms with E-state index in [1.165, 1.54) is 0 Å². The molecule has 2 aromatic rings. The fourth-order valence-corrected chi connectivity index (χ4v) is 3.36. The molecular formula is C24H24O4. The first-order valence-electron chi connectivity index (χ1n) is 9.83. The van der Waals surface area contributed by atoms with Crippen LogP contribution in [0.25, 0.3) is 0 Å². The molecular weight excluding hydrogens is 352 g/mol. The van der Waals surface area contributed by atoms with E-state index in [9.17, 15) is 9.59 Å². The van der Waals surface area contributed by atoms with Crippen LogP contribution in [-0.2, 0) is 9.47 Å². The first-order chi connectivity index (χ1) is 13.7. The van der Waals surface area contributed by atoms with Crippen molar-refractivity contribution in [3.63, 3.8) is 0 Å². The molecule has 2 aromatic carbocycles. The minimum Gasteiger partial charge on any atom is -0.462 e. The summed E-state index contributed by atoms with van der Waals surface area (Å²) in [5.74, 6) is 1.35. The lowest BCUT2D eigenvalue weighted by atomic mass is 10.2. The summed E-state index contributed by atoms with van der Waals surface area (Å²) in [7, 11) is 0. The molecule has 2 aliphatic carbocycles. The van der Waals surface area contributed by atoms with Gasteiger partial charge in [-0.1, -0.05) is 48.6 Å². The Balaban J connectivity index is 1.12. The molecule has 0 bridgehead atoms. The van der Waals surface area contributed by atoms with E-state index in [0.29, 0.717) is 48.0 Å². The molecule has 4 atom stereocenters. The molecule has 4 rings (SSSR count). The van der Waals surface area contributed by atoms with Gasteiger partial charge in [0, 0.05) is 0 Å². The average Bonchev–Trinajstić information content (AvgIpc) is 3.66. The van der Waals surface area contributed by atoms with Crippen molar-refractivity contribution >= 4 is 11.9 Å². The Morgan fingerprint density at radius 1 is 0.714 bits per heavy atom. The lowest BCUT2D eigenvalue weighted by Crippen LogP contribution is -2.08. The summed E-state index contributed by atoms with van der Waals surface area (Å²) in [6.07, 6.45) is 6.62. The number of esters is 2. The molecule has 0 spiro atoms. The Morgan fingerprint density at radius 3 is 1.50 bits per heavy atom. The van der Waals surface area contributed by atoms with Gasteiger partial charge in [0.2, 0.25) is 0 Å². The summed E-state index contributed by atoms with van der Waals surface area (Å²) in [6.45, 7) is 0.955. The molecule has 4 nitrogen and oxygen atoms in total. The van der Waals surface area contributed by atoms with Crippen LogP contribution in [-0.4, -0.2) is 25.2 Å². The van der Waals surface area contributed by atoms with Crippen molar-refractivity contribution in [3.05, 3.63) is 83.9 Å². The largest absolute Gasteiger partial charge is 0.462 e. The lowest BCUT2D eigenvalue weighted by Gasteiger charge is -2.03. The molecule has 2 saturated carbocycles. The van der Waals surface area contributed by atoms with Gasteiger partial charge in [-0.15, -0.1) is 0 Å². The highest BCUT2D eigenvalue weighted by Crippen LogP contribution is 2.44. The van der Waals surface area contributed by atoms with Gasteiger partial charge in [-0.2, -0.15) is 0 Å². The maximum Gasteiger partial charge on any atom is 0.338 e. The van der Waals surface area contributed by atoms with Crippen LogP contribution < -0.4 is 0 Å². The van der Waals surface area contributed by atoms with Gasteiger partial charge < -0.3 is 9.47 Å². The number of ether oxygens (including phenoxy) is 2. The van der Waals surface area contributed by atoms with Gasteiger partial charge in [0.05, 0.1) is 24.3 Å². The van der Waals surface area contributed by atoms with Gasteiger partial charge in [-0.3, -0.25) is 0 Å². The monoisotopic (exact) mass is 376 g/mol. The highest BCUT2D eigenvalue weighted by Gasteiger charge is 2.39. The maximum atomic E-state index is 12.0. The SMILES string of the molecule is O=C(OC[C@@H]1C[C@H]1/C=C/[C@@H]1C[C@H]1COC(=O)c1ccccc1)c1ccccc1. The van der Waals surface area contributed by atoms with Crippen LogP contribution in [0.15, 0.2) is 72.8 Å². The van der Waals surface area contributed by atoms with E-state index in [-0.39, 0.29) is 11.9 Å². The minimum absolute atomic E-state index is 0.252. The van der Waals surface area contributed by atoms with Gasteiger partial charge in [0.25, 0.3) is 0 Å². The van der Waals surface area contributed by atoms with E-state index in [0.717, 1.165) is 12.8 Å². The zero-order chi connectivity index (χ0) is 19.3. The number of allylic oxidation sites excluding steroid dienone is 2. The zero-order valence-corrected chi connectivity index (χ0v) is 15.7. The molecule has 0 aromatic heterocycles. The van der Waals surface area contributed by atoms with Crippen LogP contribution in [0.5, 0.6) is 0 Å². The predicted molar refractivity (Wildman–Crippen MR) is 106 cm³/mol. The molecule has 28 heavy (non-hydrogen) atoms. The highest BCUT2D eigenvalue weighted by atomic mass is 16.5. The standard InChI is InChI=1S/C24H24O4/c25-23(17-7-3-1-4-8-17)27-15-21-13-19(21)11-12-20-14-22(20)16-28-24(26)18-9-5-2-6-10-18/h1-12,19-22H,13-16H2/b12-11+/t19-,20-,21+,22+/m1/s1. The number of hydrogen-bond acceptors (Lipinski definition) is 4. The molecule has 0 radical (unpaired) electrons. The molecule has 0 unspecified atom stereocenters. The fraction of sp³-hybridized carbons (Fsp3) is 0.333. The fourth-order valence-electron chi connectivity index (χ4n) is 3.36. The minimum atomic E-state index is -0.252. The Labute approximate surface area is 165 Å². The number of carbonyl (C=O) groups excluding carboxylic acids is 2. The molecule has 2 fully saturated rings. The molecule has 2 aliphatic rings. The summed E-state index contributed by atoms with van der Waals surface area (Å²) in [5, 5.41) is 0. The normalized spacial score (nSPS) is 25.3. The highest BCUT2D eigenvalue weighted by molar-refractivity contribution is 5.89. The molecule has 144 valence electrons. The van der Waals surface area contributed by atoms with E-state index < -0.39 is 0 Å². The Bertz CT molecular complexity index is 772. The van der Waals surface area contributed by atoms with Crippen LogP contribution in [0, 0.1) is 23.7 Å². The Hall–Kier alpha value is -2.88. The van der Waals surface area contributed by atoms with E-state index in [4.69, 9.17) is 9.47 Å². The summed E-state index contributed by atoms with van der Waals surface area (Å²) in [4.78, 5) is 23.9. The third kappa shape index (κ3) is 4.89. The average molecular weight is 376 g/mol. The summed E-state index contributed by atoms with van der Waals surface area (Å²) >= 11 is 0. The van der Waals surface area contributed by atoms with Crippen molar-refractivity contribution in [1.82, 2.24) is 0 Å². The Morgan fingerprint density at radius 2 is 1.11 bits per heavy atom. The summed E-state index contributed by atoms with van der Waals surface area (Å²) < 4.78 is 10.8. The summed E-state index contributed by atoms with van der Waals surface area (Å²) in [6, 6.07) is 18.2. The van der Waals surface area contributed by atoms with Gasteiger partial charge in [-0.05, 0) is 60.8 Å². The van der Waals surface area contributed by atoms with Crippen molar-refractivity contribution in [3.8, 4) is 0 Å². The topological polar surface area (TPSA) is 52.6 Å². The number of benzene rings is 2. The van der Waals surface area contributed by atoms with Gasteiger partial charge in [0.1, 0.15) is 0 Å². The summed E-state index contributed by atoms with van der Waals surface area (Å²) in [5.41, 5.74) is 1.20. The third-order valence-corrected chi connectivity index (χ3v) is 5.44. The number of rotatable bonds is 8. The molecule has 0 saturated heterocycles. The van der Waals surface area contributed by atoms with Crippen LogP contribution in [0.4, 0.5) is 0 Å². The zero-order valence-electron chi connectivity index (χ0n) is 15.7. The number of carbonyl (C=O) groups is 2. The van der Waals surface area contributed by atoms with Gasteiger partial charge in [0.15, 0.2) is 0 Å². The quantitative estimate of drug-likeness (QED) is 0.502. The van der Waals surface area contributed by atoms with E-state index in [1.807, 2.05) is 36.4 Å². The molecule has 0 amide bonds. The molecule has 0 aliphatic heterocycles. The van der Waals surface area contributed by atoms with E-state index in [2.05, 4.69) is 12.2 Å². The van der Waals surface area contributed by atoms with Crippen LogP contribution in [0.1, 0.15) is 33.6 Å². The molecule has 0 heterocycles. The van der Waals surface area contributed by atoms with Crippen LogP contribution >= 0.6 is 0 Å². The molecule has 4 heteroatoms. The smallest absolute Gasteiger partial charge is 0.338 e. The second kappa shape index (κ2) is 8.42. The van der Waals surface area contributed by atoms with Gasteiger partial charge in [-0.25, -0.2) is 9.59 Å². The Kier molecular flexibility index (Phi) is 5.56. The van der Waals surface area contributed by atoms with Crippen LogP contribution in [0.2, 0.25) is 0 Å². The first kappa shape index (κ1) is 18.5. The second-order valence-electron chi connectivity index (χ2n) is 7.63. The van der Waals surface area contributed by atoms with Crippen molar-refractivity contribution in [2.24, 2.45) is 23.7 Å². The van der Waals surface area contributed by atoms with Crippen molar-refractivity contribution in [2.75, 3.05) is 13.2 Å². The van der Waals surface area contributed by atoms with Gasteiger partial charge >= 0.3 is 11.9 Å². The van der Waals surface area contributed by atoms with Crippen molar-refractivity contribution in [2.45, 2.75) is 12.8 Å². The predicted octanol–water partition coefficient (Wildman–Crippen LogP) is 4.53. The van der Waals surface area contributed by atoms with Crippen molar-refractivity contribution < 1.29 is 19.1 Å². The van der Waals surface area contributed by atoms with E-state index >= 15 is 0 Å². The van der Waals surface area contributed by atoms with E-state index in [1.54, 1.807) is 24.3 Å².